The lowest BCUT2D eigenvalue weighted by molar-refractivity contribution is 0.102. The van der Waals surface area contributed by atoms with Gasteiger partial charge in [-0.15, -0.1) is 0 Å². The van der Waals surface area contributed by atoms with E-state index in [0.29, 0.717) is 11.4 Å². The lowest BCUT2D eigenvalue weighted by Crippen LogP contribution is -2.12. The predicted octanol–water partition coefficient (Wildman–Crippen LogP) is 3.43. The smallest absolute Gasteiger partial charge is 0.272 e. The zero-order valence-electron chi connectivity index (χ0n) is 11.0. The fraction of sp³-hybridized carbons (Fsp3) is 0.0625. The first-order valence-electron chi connectivity index (χ1n) is 6.32. The van der Waals surface area contributed by atoms with Crippen LogP contribution in [0.4, 0.5) is 5.69 Å². The fourth-order valence-corrected chi connectivity index (χ4v) is 2.13. The number of amides is 1. The molecule has 1 heterocycles. The molecule has 0 aliphatic carbocycles. The number of para-hydroxylation sites is 2. The molecule has 0 atom stereocenters. The molecule has 4 heteroatoms. The summed E-state index contributed by atoms with van der Waals surface area (Å²) in [4.78, 5) is 15.2. The van der Waals surface area contributed by atoms with Crippen molar-refractivity contribution in [3.05, 3.63) is 59.8 Å². The third-order valence-corrected chi connectivity index (χ3v) is 3.17. The highest BCUT2D eigenvalue weighted by molar-refractivity contribution is 6.06. The number of aromatic hydroxyl groups is 1. The minimum atomic E-state index is -0.277. The fourth-order valence-electron chi connectivity index (χ4n) is 2.13. The first kappa shape index (κ1) is 12.3. The third kappa shape index (κ3) is 2.23. The molecule has 0 fully saturated rings. The van der Waals surface area contributed by atoms with E-state index in [-0.39, 0.29) is 11.7 Å². The van der Waals surface area contributed by atoms with E-state index in [1.165, 1.54) is 6.07 Å². The Morgan fingerprint density at radius 2 is 1.95 bits per heavy atom. The van der Waals surface area contributed by atoms with Gasteiger partial charge in [0, 0.05) is 10.9 Å². The van der Waals surface area contributed by atoms with Crippen LogP contribution < -0.4 is 5.32 Å². The number of benzene rings is 2. The summed E-state index contributed by atoms with van der Waals surface area (Å²) >= 11 is 0. The third-order valence-electron chi connectivity index (χ3n) is 3.17. The summed E-state index contributed by atoms with van der Waals surface area (Å²) in [6, 6.07) is 14.4. The van der Waals surface area contributed by atoms with Gasteiger partial charge in [0.1, 0.15) is 11.4 Å². The summed E-state index contributed by atoms with van der Waals surface area (Å²) in [5.74, 6) is -0.229. The van der Waals surface area contributed by atoms with Crippen molar-refractivity contribution in [2.24, 2.45) is 0 Å². The van der Waals surface area contributed by atoms with Gasteiger partial charge < -0.3 is 15.4 Å². The zero-order valence-corrected chi connectivity index (χ0v) is 11.0. The maximum Gasteiger partial charge on any atom is 0.272 e. The van der Waals surface area contributed by atoms with E-state index in [1.54, 1.807) is 24.3 Å². The highest BCUT2D eigenvalue weighted by Crippen LogP contribution is 2.23. The largest absolute Gasteiger partial charge is 0.506 e. The molecule has 20 heavy (non-hydrogen) atoms. The number of rotatable bonds is 2. The standard InChI is InChI=1S/C16H14N2O2/c1-10-6-7-11-9-14(17-13(11)8-10)16(20)18-12-4-2-3-5-15(12)19/h2-9,17,19H,1H3,(H,18,20). The Labute approximate surface area is 116 Å². The van der Waals surface area contributed by atoms with Gasteiger partial charge in [-0.25, -0.2) is 0 Å². The van der Waals surface area contributed by atoms with E-state index in [1.807, 2.05) is 25.1 Å². The van der Waals surface area contributed by atoms with Gasteiger partial charge in [0.15, 0.2) is 0 Å². The second-order valence-electron chi connectivity index (χ2n) is 4.74. The quantitative estimate of drug-likeness (QED) is 0.622. The second-order valence-corrected chi connectivity index (χ2v) is 4.74. The lowest BCUT2D eigenvalue weighted by atomic mass is 10.2. The summed E-state index contributed by atoms with van der Waals surface area (Å²) in [6.45, 7) is 2.00. The Morgan fingerprint density at radius 3 is 2.75 bits per heavy atom. The SMILES string of the molecule is Cc1ccc2cc(C(=O)Nc3ccccc3O)[nH]c2c1. The van der Waals surface area contributed by atoms with Crippen LogP contribution in [-0.4, -0.2) is 16.0 Å². The van der Waals surface area contributed by atoms with Crippen molar-refractivity contribution in [3.63, 3.8) is 0 Å². The molecule has 0 aliphatic rings. The van der Waals surface area contributed by atoms with Gasteiger partial charge in [-0.3, -0.25) is 4.79 Å². The number of aromatic nitrogens is 1. The number of nitrogens with one attached hydrogen (secondary N) is 2. The summed E-state index contributed by atoms with van der Waals surface area (Å²) < 4.78 is 0. The average Bonchev–Trinajstić information content (AvgIpc) is 2.84. The molecule has 3 N–H and O–H groups in total. The molecule has 2 aromatic carbocycles. The van der Waals surface area contributed by atoms with E-state index in [9.17, 15) is 9.90 Å². The first-order chi connectivity index (χ1) is 9.63. The Morgan fingerprint density at radius 1 is 1.15 bits per heavy atom. The maximum absolute atomic E-state index is 12.2. The normalized spacial score (nSPS) is 10.7. The van der Waals surface area contributed by atoms with Crippen molar-refractivity contribution < 1.29 is 9.90 Å². The van der Waals surface area contributed by atoms with Crippen molar-refractivity contribution in [2.75, 3.05) is 5.32 Å². The van der Waals surface area contributed by atoms with Crippen molar-refractivity contribution in [2.45, 2.75) is 6.92 Å². The van der Waals surface area contributed by atoms with Crippen molar-refractivity contribution in [1.29, 1.82) is 0 Å². The van der Waals surface area contributed by atoms with Crippen LogP contribution in [0, 0.1) is 6.92 Å². The monoisotopic (exact) mass is 266 g/mol. The number of anilines is 1. The summed E-state index contributed by atoms with van der Waals surface area (Å²) in [7, 11) is 0. The van der Waals surface area contributed by atoms with Gasteiger partial charge in [0.2, 0.25) is 0 Å². The molecule has 0 saturated heterocycles. The number of hydrogen-bond acceptors (Lipinski definition) is 2. The molecule has 100 valence electrons. The highest BCUT2D eigenvalue weighted by Gasteiger charge is 2.11. The van der Waals surface area contributed by atoms with E-state index < -0.39 is 0 Å². The average molecular weight is 266 g/mol. The van der Waals surface area contributed by atoms with Crippen LogP contribution in [0.2, 0.25) is 0 Å². The molecule has 0 unspecified atom stereocenters. The lowest BCUT2D eigenvalue weighted by Gasteiger charge is -2.05. The second kappa shape index (κ2) is 4.74. The minimum absolute atomic E-state index is 0.0489. The van der Waals surface area contributed by atoms with Gasteiger partial charge in [0.05, 0.1) is 5.69 Å². The van der Waals surface area contributed by atoms with Crippen LogP contribution in [-0.2, 0) is 0 Å². The van der Waals surface area contributed by atoms with Crippen molar-refractivity contribution in [3.8, 4) is 5.75 Å². The molecule has 4 nitrogen and oxygen atoms in total. The van der Waals surface area contributed by atoms with Gasteiger partial charge in [-0.1, -0.05) is 24.3 Å². The van der Waals surface area contributed by atoms with Crippen molar-refractivity contribution >= 4 is 22.5 Å². The maximum atomic E-state index is 12.2. The number of fused-ring (bicyclic) bond motifs is 1. The van der Waals surface area contributed by atoms with Gasteiger partial charge >= 0.3 is 0 Å². The van der Waals surface area contributed by atoms with Crippen LogP contribution >= 0.6 is 0 Å². The van der Waals surface area contributed by atoms with E-state index in [4.69, 9.17) is 0 Å². The molecular formula is C16H14N2O2. The van der Waals surface area contributed by atoms with Crippen LogP contribution in [0.5, 0.6) is 5.75 Å². The van der Waals surface area contributed by atoms with E-state index in [2.05, 4.69) is 10.3 Å². The van der Waals surface area contributed by atoms with Crippen LogP contribution in [0.15, 0.2) is 48.5 Å². The topological polar surface area (TPSA) is 65.1 Å². The van der Waals surface area contributed by atoms with Crippen LogP contribution in [0.25, 0.3) is 10.9 Å². The minimum Gasteiger partial charge on any atom is -0.506 e. The molecule has 3 aromatic rings. The molecular weight excluding hydrogens is 252 g/mol. The number of carbonyl (C=O) groups excluding carboxylic acids is 1. The van der Waals surface area contributed by atoms with Gasteiger partial charge in [-0.2, -0.15) is 0 Å². The number of aromatic amines is 1. The number of carbonyl (C=O) groups is 1. The number of phenols is 1. The van der Waals surface area contributed by atoms with Gasteiger partial charge in [-0.05, 0) is 36.8 Å². The summed E-state index contributed by atoms with van der Waals surface area (Å²) in [5, 5.41) is 13.3. The number of hydrogen-bond donors (Lipinski definition) is 3. The first-order valence-corrected chi connectivity index (χ1v) is 6.32. The Kier molecular flexibility index (Phi) is 2.91. The van der Waals surface area contributed by atoms with Gasteiger partial charge in [0.25, 0.3) is 5.91 Å². The summed E-state index contributed by atoms with van der Waals surface area (Å²) in [6.07, 6.45) is 0. The molecule has 0 aliphatic heterocycles. The molecule has 0 bridgehead atoms. The number of aryl methyl sites for hydroxylation is 1. The van der Waals surface area contributed by atoms with E-state index in [0.717, 1.165) is 16.5 Å². The predicted molar refractivity (Wildman–Crippen MR) is 79.1 cm³/mol. The molecule has 1 aromatic heterocycles. The van der Waals surface area contributed by atoms with Crippen molar-refractivity contribution in [1.82, 2.24) is 4.98 Å². The molecule has 1 amide bonds. The molecule has 3 rings (SSSR count). The molecule has 0 spiro atoms. The molecule has 0 radical (unpaired) electrons. The Bertz CT molecular complexity index is 790. The molecule has 0 saturated carbocycles. The number of H-pyrrole nitrogens is 1. The van der Waals surface area contributed by atoms with Crippen LogP contribution in [0.3, 0.4) is 0 Å². The number of phenolic OH excluding ortho intramolecular Hbond substituents is 1. The Hall–Kier alpha value is -2.75. The van der Waals surface area contributed by atoms with Crippen LogP contribution in [0.1, 0.15) is 16.1 Å². The highest BCUT2D eigenvalue weighted by atomic mass is 16.3. The van der Waals surface area contributed by atoms with E-state index >= 15 is 0 Å². The summed E-state index contributed by atoms with van der Waals surface area (Å²) in [5.41, 5.74) is 2.92. The zero-order chi connectivity index (χ0) is 14.1. The Balaban J connectivity index is 1.91.